The molecule has 2 aromatic carbocycles. The largest absolute Gasteiger partial charge is 0.507 e. The molecule has 0 aliphatic carbocycles. The molecule has 0 unspecified atom stereocenters. The molecule has 4 rings (SSSR count). The maximum Gasteiger partial charge on any atom is 0.270 e. The van der Waals surface area contributed by atoms with E-state index in [1.165, 1.54) is 36.4 Å². The Morgan fingerprint density at radius 2 is 1.68 bits per heavy atom. The van der Waals surface area contributed by atoms with Crippen LogP contribution in [-0.4, -0.2) is 58.5 Å². The minimum atomic E-state index is -0.581. The van der Waals surface area contributed by atoms with Gasteiger partial charge in [-0.2, -0.15) is 0 Å². The van der Waals surface area contributed by atoms with Crippen LogP contribution in [0, 0.1) is 12.7 Å². The summed E-state index contributed by atoms with van der Waals surface area (Å²) in [5.41, 5.74) is 2.00. The summed E-state index contributed by atoms with van der Waals surface area (Å²) in [4.78, 5) is 52.5. The summed E-state index contributed by atoms with van der Waals surface area (Å²) in [5, 5.41) is 16.1. The lowest BCUT2D eigenvalue weighted by Gasteiger charge is -2.24. The maximum atomic E-state index is 14.8. The Kier molecular flexibility index (Phi) is 8.98. The van der Waals surface area contributed by atoms with Crippen molar-refractivity contribution in [3.8, 4) is 16.9 Å². The molecule has 1 aromatic heterocycles. The van der Waals surface area contributed by atoms with Crippen molar-refractivity contribution in [1.29, 1.82) is 0 Å². The lowest BCUT2D eigenvalue weighted by atomic mass is 9.98. The summed E-state index contributed by atoms with van der Waals surface area (Å²) >= 11 is 0. The number of aryl methyl sites for hydroxylation is 1. The third kappa shape index (κ3) is 6.74. The molecular weight excluding hydrogens is 515 g/mol. The number of pyridine rings is 1. The summed E-state index contributed by atoms with van der Waals surface area (Å²) in [7, 11) is 1.72. The molecule has 9 nitrogen and oxygen atoms in total. The van der Waals surface area contributed by atoms with E-state index in [-0.39, 0.29) is 64.9 Å². The fourth-order valence-electron chi connectivity index (χ4n) is 4.71. The molecule has 3 N–H and O–H groups in total. The van der Waals surface area contributed by atoms with Crippen LogP contribution in [0.1, 0.15) is 51.4 Å². The van der Waals surface area contributed by atoms with E-state index in [0.29, 0.717) is 38.0 Å². The molecule has 3 aromatic rings. The number of carbonyl (C=O) groups is 3. The second-order valence-electron chi connectivity index (χ2n) is 9.93. The summed E-state index contributed by atoms with van der Waals surface area (Å²) in [6.45, 7) is 2.91. The Bertz CT molecular complexity index is 1500. The highest BCUT2D eigenvalue weighted by atomic mass is 19.1. The van der Waals surface area contributed by atoms with Crippen LogP contribution in [0.3, 0.4) is 0 Å². The molecule has 4 bridgehead atoms. The van der Waals surface area contributed by atoms with E-state index in [2.05, 4.69) is 10.6 Å². The summed E-state index contributed by atoms with van der Waals surface area (Å²) in [6.07, 6.45) is 1.48. The van der Waals surface area contributed by atoms with Gasteiger partial charge in [-0.15, -0.1) is 0 Å². The molecule has 0 saturated carbocycles. The van der Waals surface area contributed by atoms with E-state index in [0.717, 1.165) is 5.56 Å². The van der Waals surface area contributed by atoms with Gasteiger partial charge in [-0.05, 0) is 62.1 Å². The molecule has 3 amide bonds. The number of hydrogen-bond donors (Lipinski definition) is 3. The third-order valence-corrected chi connectivity index (χ3v) is 7.06. The number of aromatic hydroxyl groups is 1. The van der Waals surface area contributed by atoms with Crippen LogP contribution in [0.15, 0.2) is 53.3 Å². The van der Waals surface area contributed by atoms with E-state index in [4.69, 9.17) is 0 Å². The fourth-order valence-corrected chi connectivity index (χ4v) is 4.71. The highest BCUT2D eigenvalue weighted by Gasteiger charge is 2.20. The van der Waals surface area contributed by atoms with Crippen LogP contribution in [0.2, 0.25) is 0 Å². The zero-order chi connectivity index (χ0) is 28.8. The number of nitrogens with one attached hydrogen (secondary N) is 2. The van der Waals surface area contributed by atoms with Gasteiger partial charge in [0.2, 0.25) is 5.91 Å². The molecule has 0 spiro atoms. The van der Waals surface area contributed by atoms with Crippen molar-refractivity contribution in [2.24, 2.45) is 7.05 Å². The van der Waals surface area contributed by atoms with Crippen molar-refractivity contribution in [3.05, 3.63) is 87.1 Å². The van der Waals surface area contributed by atoms with Gasteiger partial charge in [0.05, 0.1) is 0 Å². The van der Waals surface area contributed by atoms with Crippen molar-refractivity contribution < 1.29 is 23.9 Å². The van der Waals surface area contributed by atoms with Gasteiger partial charge in [0.25, 0.3) is 11.8 Å². The fraction of sp³-hybridized carbons (Fsp3) is 0.333. The third-order valence-electron chi connectivity index (χ3n) is 7.06. The minimum absolute atomic E-state index is 0.0921. The summed E-state index contributed by atoms with van der Waals surface area (Å²) < 4.78 is 16.4. The van der Waals surface area contributed by atoms with Crippen molar-refractivity contribution in [2.45, 2.75) is 32.6 Å². The second-order valence-corrected chi connectivity index (χ2v) is 9.93. The highest BCUT2D eigenvalue weighted by molar-refractivity contribution is 5.96. The van der Waals surface area contributed by atoms with E-state index >= 15 is 0 Å². The SMILES string of the molecule is Cc1cc(=O)cc(C(=O)N2CCCNC(=O)c3ccc(F)c(c3)-c3cc(ccc3O)CCNC(=O)CCC2)n1C. The molecule has 0 atom stereocenters. The van der Waals surface area contributed by atoms with E-state index in [1.54, 1.807) is 35.6 Å². The number of amides is 3. The average molecular weight is 549 g/mol. The first kappa shape index (κ1) is 28.5. The summed E-state index contributed by atoms with van der Waals surface area (Å²) in [5.74, 6) is -1.61. The minimum Gasteiger partial charge on any atom is -0.507 e. The number of aromatic nitrogens is 1. The lowest BCUT2D eigenvalue weighted by molar-refractivity contribution is -0.121. The Hall–Kier alpha value is -4.47. The Labute approximate surface area is 231 Å². The van der Waals surface area contributed by atoms with Gasteiger partial charge in [0, 0.05) is 74.2 Å². The maximum absolute atomic E-state index is 14.8. The smallest absolute Gasteiger partial charge is 0.270 e. The standard InChI is InChI=1S/C30H33FN4O5/c1-19-15-22(36)18-26(34(19)2)30(40)35-13-3-5-28(38)32-12-10-20-6-9-27(37)24(16-20)23-17-21(7-8-25(23)31)29(39)33-11-4-14-35/h6-9,15-18,37H,3-5,10-14H2,1-2H3,(H,32,38)(H,33,39). The Morgan fingerprint density at radius 1 is 0.900 bits per heavy atom. The average Bonchev–Trinajstić information content (AvgIpc) is 2.92. The molecule has 10 heteroatoms. The molecule has 1 aliphatic rings. The molecule has 2 heterocycles. The molecule has 40 heavy (non-hydrogen) atoms. The van der Waals surface area contributed by atoms with Crippen LogP contribution in [0.5, 0.6) is 5.75 Å². The molecule has 0 fully saturated rings. The van der Waals surface area contributed by atoms with Gasteiger partial charge in [0.1, 0.15) is 17.3 Å². The molecular formula is C30H33FN4O5. The number of hydrogen-bond acceptors (Lipinski definition) is 5. The van der Waals surface area contributed by atoms with Crippen molar-refractivity contribution in [1.82, 2.24) is 20.1 Å². The van der Waals surface area contributed by atoms with Crippen LogP contribution in [0.4, 0.5) is 4.39 Å². The van der Waals surface area contributed by atoms with Crippen molar-refractivity contribution in [2.75, 3.05) is 26.2 Å². The van der Waals surface area contributed by atoms with Crippen LogP contribution in [-0.2, 0) is 18.3 Å². The normalized spacial score (nSPS) is 15.3. The first-order valence-corrected chi connectivity index (χ1v) is 13.3. The van der Waals surface area contributed by atoms with Gasteiger partial charge in [-0.3, -0.25) is 19.2 Å². The Morgan fingerprint density at radius 3 is 2.48 bits per heavy atom. The van der Waals surface area contributed by atoms with Gasteiger partial charge in [-0.25, -0.2) is 4.39 Å². The number of rotatable bonds is 1. The number of phenols is 1. The van der Waals surface area contributed by atoms with E-state index < -0.39 is 11.7 Å². The number of carbonyl (C=O) groups excluding carboxylic acids is 3. The first-order chi connectivity index (χ1) is 19.1. The number of halogens is 1. The second kappa shape index (κ2) is 12.6. The van der Waals surface area contributed by atoms with E-state index in [9.17, 15) is 28.7 Å². The number of fused-ring (bicyclic) bond motifs is 5. The van der Waals surface area contributed by atoms with Crippen LogP contribution in [0.25, 0.3) is 11.1 Å². The molecule has 210 valence electrons. The van der Waals surface area contributed by atoms with E-state index in [1.807, 2.05) is 0 Å². The van der Waals surface area contributed by atoms with Gasteiger partial charge in [0.15, 0.2) is 5.43 Å². The molecule has 0 saturated heterocycles. The van der Waals surface area contributed by atoms with Crippen LogP contribution < -0.4 is 16.1 Å². The quantitative estimate of drug-likeness (QED) is 0.432. The first-order valence-electron chi connectivity index (χ1n) is 13.3. The molecule has 1 aliphatic heterocycles. The predicted molar refractivity (Wildman–Crippen MR) is 149 cm³/mol. The topological polar surface area (TPSA) is 121 Å². The van der Waals surface area contributed by atoms with Crippen LogP contribution >= 0.6 is 0 Å². The van der Waals surface area contributed by atoms with Crippen molar-refractivity contribution >= 4 is 17.7 Å². The monoisotopic (exact) mass is 548 g/mol. The van der Waals surface area contributed by atoms with Gasteiger partial charge < -0.3 is 25.2 Å². The number of phenolic OH excluding ortho intramolecular Hbond substituents is 1. The highest BCUT2D eigenvalue weighted by Crippen LogP contribution is 2.33. The van der Waals surface area contributed by atoms with Gasteiger partial charge in [-0.1, -0.05) is 6.07 Å². The molecule has 0 radical (unpaired) electrons. The van der Waals surface area contributed by atoms with Crippen molar-refractivity contribution in [3.63, 3.8) is 0 Å². The zero-order valence-corrected chi connectivity index (χ0v) is 22.6. The number of benzene rings is 2. The summed E-state index contributed by atoms with van der Waals surface area (Å²) in [6, 6.07) is 11.5. The Balaban J connectivity index is 1.58. The number of nitrogens with zero attached hydrogens (tertiary/aromatic N) is 2. The van der Waals surface area contributed by atoms with Gasteiger partial charge >= 0.3 is 0 Å². The zero-order valence-electron chi connectivity index (χ0n) is 22.6. The predicted octanol–water partition coefficient (Wildman–Crippen LogP) is 2.92. The lowest BCUT2D eigenvalue weighted by Crippen LogP contribution is -2.37.